The first-order chi connectivity index (χ1) is 8.58. The van der Waals surface area contributed by atoms with Crippen LogP contribution in [-0.2, 0) is 22.5 Å². The maximum atomic E-state index is 12.0. The highest BCUT2D eigenvalue weighted by Crippen LogP contribution is 2.18. The minimum absolute atomic E-state index is 0.226. The van der Waals surface area contributed by atoms with E-state index < -0.39 is 12.2 Å². The Hall–Kier alpha value is -2.11. The summed E-state index contributed by atoms with van der Waals surface area (Å²) in [6.45, 7) is 2.64. The van der Waals surface area contributed by atoms with Crippen molar-refractivity contribution in [3.63, 3.8) is 0 Å². The van der Waals surface area contributed by atoms with Crippen molar-refractivity contribution < 1.29 is 14.3 Å². The van der Waals surface area contributed by atoms with Gasteiger partial charge in [-0.3, -0.25) is 9.78 Å². The molecule has 96 valence electrons. The van der Waals surface area contributed by atoms with Crippen LogP contribution in [0, 0.1) is 0 Å². The molecule has 0 radical (unpaired) electrons. The number of fused-ring (bicyclic) bond motifs is 1. The molecule has 0 bridgehead atoms. The third-order valence-electron chi connectivity index (χ3n) is 2.97. The topological polar surface area (TPSA) is 85.5 Å². The Morgan fingerprint density at radius 3 is 3.00 bits per heavy atom. The highest BCUT2D eigenvalue weighted by molar-refractivity contribution is 5.83. The van der Waals surface area contributed by atoms with Crippen LogP contribution < -0.4 is 5.73 Å². The Kier molecular flexibility index (Phi) is 3.45. The number of aromatic nitrogens is 1. The number of pyridine rings is 1. The van der Waals surface area contributed by atoms with Gasteiger partial charge in [0.25, 0.3) is 5.91 Å². The summed E-state index contributed by atoms with van der Waals surface area (Å²) < 4.78 is 4.69. The summed E-state index contributed by atoms with van der Waals surface area (Å²) in [7, 11) is 0. The Morgan fingerprint density at radius 2 is 2.28 bits per heavy atom. The SMILES string of the molecule is C[C@@H](OC(N)=O)C(=O)N1CCc2cnccc2C1. The molecule has 1 aliphatic heterocycles. The average Bonchev–Trinajstić information content (AvgIpc) is 2.36. The van der Waals surface area contributed by atoms with E-state index in [1.54, 1.807) is 11.1 Å². The standard InChI is InChI=1S/C12H15N3O3/c1-8(18-12(13)17)11(16)15-5-3-9-6-14-4-2-10(9)7-15/h2,4,6,8H,3,5,7H2,1H3,(H2,13,17)/t8-/m1/s1. The highest BCUT2D eigenvalue weighted by atomic mass is 16.6. The molecule has 1 aromatic rings. The number of ether oxygens (including phenoxy) is 1. The summed E-state index contributed by atoms with van der Waals surface area (Å²) in [4.78, 5) is 28.4. The molecule has 2 heterocycles. The quantitative estimate of drug-likeness (QED) is 0.824. The van der Waals surface area contributed by atoms with E-state index in [0.717, 1.165) is 17.5 Å². The first-order valence-electron chi connectivity index (χ1n) is 5.74. The van der Waals surface area contributed by atoms with Gasteiger partial charge < -0.3 is 15.4 Å². The molecule has 0 unspecified atom stereocenters. The molecule has 1 aromatic heterocycles. The normalized spacial score (nSPS) is 15.7. The minimum Gasteiger partial charge on any atom is -0.437 e. The lowest BCUT2D eigenvalue weighted by Gasteiger charge is -2.30. The van der Waals surface area contributed by atoms with Crippen LogP contribution in [0.2, 0.25) is 0 Å². The second-order valence-electron chi connectivity index (χ2n) is 4.23. The lowest BCUT2D eigenvalue weighted by molar-refractivity contribution is -0.140. The monoisotopic (exact) mass is 249 g/mol. The third kappa shape index (κ3) is 2.58. The van der Waals surface area contributed by atoms with Crippen molar-refractivity contribution in [1.82, 2.24) is 9.88 Å². The molecule has 2 rings (SSSR count). The van der Waals surface area contributed by atoms with Crippen LogP contribution in [0.5, 0.6) is 0 Å². The molecule has 6 heteroatoms. The molecule has 0 fully saturated rings. The molecule has 0 aliphatic carbocycles. The summed E-state index contributed by atoms with van der Waals surface area (Å²) in [5, 5.41) is 0. The molecule has 2 amide bonds. The number of primary amides is 1. The Balaban J connectivity index is 2.04. The smallest absolute Gasteiger partial charge is 0.405 e. The average molecular weight is 249 g/mol. The maximum Gasteiger partial charge on any atom is 0.405 e. The van der Waals surface area contributed by atoms with Gasteiger partial charge in [-0.2, -0.15) is 0 Å². The van der Waals surface area contributed by atoms with Crippen LogP contribution in [0.4, 0.5) is 4.79 Å². The van der Waals surface area contributed by atoms with Gasteiger partial charge in [0.1, 0.15) is 0 Å². The summed E-state index contributed by atoms with van der Waals surface area (Å²) in [5.74, 6) is -0.226. The van der Waals surface area contributed by atoms with Crippen molar-refractivity contribution in [2.75, 3.05) is 6.54 Å². The fourth-order valence-electron chi connectivity index (χ4n) is 2.05. The van der Waals surface area contributed by atoms with Gasteiger partial charge in [-0.15, -0.1) is 0 Å². The zero-order valence-corrected chi connectivity index (χ0v) is 10.1. The van der Waals surface area contributed by atoms with E-state index in [1.807, 2.05) is 12.3 Å². The van der Waals surface area contributed by atoms with Gasteiger partial charge in [0.15, 0.2) is 6.10 Å². The molecule has 1 atom stereocenters. The molecule has 0 aromatic carbocycles. The number of amides is 2. The summed E-state index contributed by atoms with van der Waals surface area (Å²) in [6, 6.07) is 1.90. The van der Waals surface area contributed by atoms with Gasteiger partial charge in [-0.05, 0) is 30.5 Å². The van der Waals surface area contributed by atoms with Crippen molar-refractivity contribution in [2.45, 2.75) is 26.0 Å². The van der Waals surface area contributed by atoms with Crippen molar-refractivity contribution in [2.24, 2.45) is 5.73 Å². The van der Waals surface area contributed by atoms with Crippen molar-refractivity contribution in [3.8, 4) is 0 Å². The number of hydrogen-bond acceptors (Lipinski definition) is 4. The van der Waals surface area contributed by atoms with Crippen molar-refractivity contribution >= 4 is 12.0 Å². The van der Waals surface area contributed by atoms with Gasteiger partial charge >= 0.3 is 6.09 Å². The number of carbonyl (C=O) groups is 2. The third-order valence-corrected chi connectivity index (χ3v) is 2.97. The van der Waals surface area contributed by atoms with Crippen LogP contribution in [0.25, 0.3) is 0 Å². The molecule has 0 saturated carbocycles. The van der Waals surface area contributed by atoms with Gasteiger partial charge in [0.05, 0.1) is 0 Å². The summed E-state index contributed by atoms with van der Waals surface area (Å²) in [5.41, 5.74) is 7.13. The largest absolute Gasteiger partial charge is 0.437 e. The Labute approximate surface area is 105 Å². The van der Waals surface area contributed by atoms with E-state index in [-0.39, 0.29) is 5.91 Å². The second-order valence-corrected chi connectivity index (χ2v) is 4.23. The van der Waals surface area contributed by atoms with Crippen LogP contribution in [-0.4, -0.2) is 34.5 Å². The lowest BCUT2D eigenvalue weighted by Crippen LogP contribution is -2.43. The summed E-state index contributed by atoms with van der Waals surface area (Å²) >= 11 is 0. The maximum absolute atomic E-state index is 12.0. The van der Waals surface area contributed by atoms with Crippen LogP contribution in [0.3, 0.4) is 0 Å². The van der Waals surface area contributed by atoms with Crippen LogP contribution in [0.15, 0.2) is 18.5 Å². The van der Waals surface area contributed by atoms with E-state index in [9.17, 15) is 9.59 Å². The Bertz CT molecular complexity index is 475. The molecular weight excluding hydrogens is 234 g/mol. The number of carbonyl (C=O) groups excluding carboxylic acids is 2. The highest BCUT2D eigenvalue weighted by Gasteiger charge is 2.26. The first-order valence-corrected chi connectivity index (χ1v) is 5.74. The van der Waals surface area contributed by atoms with E-state index in [0.29, 0.717) is 13.1 Å². The predicted molar refractivity (Wildman–Crippen MR) is 63.5 cm³/mol. The Morgan fingerprint density at radius 1 is 1.50 bits per heavy atom. The van der Waals surface area contributed by atoms with Crippen LogP contribution >= 0.6 is 0 Å². The zero-order valence-electron chi connectivity index (χ0n) is 10.1. The summed E-state index contributed by atoms with van der Waals surface area (Å²) in [6.07, 6.45) is 2.51. The van der Waals surface area contributed by atoms with E-state index in [1.165, 1.54) is 6.92 Å². The predicted octanol–water partition coefficient (Wildman–Crippen LogP) is 0.450. The zero-order chi connectivity index (χ0) is 13.1. The molecule has 0 saturated heterocycles. The number of nitrogens with two attached hydrogens (primary N) is 1. The van der Waals surface area contributed by atoms with E-state index >= 15 is 0 Å². The second kappa shape index (κ2) is 5.03. The fourth-order valence-corrected chi connectivity index (χ4v) is 2.05. The number of hydrogen-bond donors (Lipinski definition) is 1. The van der Waals surface area contributed by atoms with Crippen molar-refractivity contribution in [1.29, 1.82) is 0 Å². The van der Waals surface area contributed by atoms with Gasteiger partial charge in [0.2, 0.25) is 0 Å². The number of nitrogens with zero attached hydrogens (tertiary/aromatic N) is 2. The van der Waals surface area contributed by atoms with Crippen LogP contribution in [0.1, 0.15) is 18.1 Å². The van der Waals surface area contributed by atoms with Gasteiger partial charge in [-0.1, -0.05) is 0 Å². The van der Waals surface area contributed by atoms with Crippen molar-refractivity contribution in [3.05, 3.63) is 29.6 Å². The molecule has 0 spiro atoms. The van der Waals surface area contributed by atoms with Gasteiger partial charge in [-0.25, -0.2) is 4.79 Å². The molecule has 1 aliphatic rings. The molecular formula is C12H15N3O3. The van der Waals surface area contributed by atoms with E-state index in [2.05, 4.69) is 9.72 Å². The molecule has 6 nitrogen and oxygen atoms in total. The first kappa shape index (κ1) is 12.3. The minimum atomic E-state index is -0.933. The number of rotatable bonds is 2. The molecule has 18 heavy (non-hydrogen) atoms. The van der Waals surface area contributed by atoms with Gasteiger partial charge in [0, 0.05) is 25.5 Å². The van der Waals surface area contributed by atoms with E-state index in [4.69, 9.17) is 5.73 Å². The lowest BCUT2D eigenvalue weighted by atomic mass is 10.0. The molecule has 2 N–H and O–H groups in total. The fraction of sp³-hybridized carbons (Fsp3) is 0.417.